The van der Waals surface area contributed by atoms with E-state index in [4.69, 9.17) is 5.26 Å². The van der Waals surface area contributed by atoms with Gasteiger partial charge in [-0.25, -0.2) is 9.37 Å². The fraction of sp³-hybridized carbons (Fsp3) is 0.250. The third-order valence-corrected chi connectivity index (χ3v) is 4.58. The van der Waals surface area contributed by atoms with Crippen LogP contribution in [-0.4, -0.2) is 20.9 Å². The number of aryl methyl sites for hydroxylation is 2. The lowest BCUT2D eigenvalue weighted by atomic mass is 10.0. The van der Waals surface area contributed by atoms with Crippen LogP contribution in [0.1, 0.15) is 41.2 Å². The molecule has 1 amide bonds. The lowest BCUT2D eigenvalue weighted by Gasteiger charge is -2.16. The molecule has 0 saturated heterocycles. The number of amides is 1. The fourth-order valence-corrected chi connectivity index (χ4v) is 3.17. The first-order valence-corrected chi connectivity index (χ1v) is 8.64. The Morgan fingerprint density at radius 2 is 2.14 bits per heavy atom. The van der Waals surface area contributed by atoms with Gasteiger partial charge in [-0.15, -0.1) is 0 Å². The summed E-state index contributed by atoms with van der Waals surface area (Å²) in [6, 6.07) is 5.56. The first-order valence-electron chi connectivity index (χ1n) is 8.64. The van der Waals surface area contributed by atoms with Crippen molar-refractivity contribution in [2.45, 2.75) is 33.2 Å². The average molecular weight is 379 g/mol. The van der Waals surface area contributed by atoms with Crippen LogP contribution >= 0.6 is 0 Å². The number of aromatic amines is 1. The normalized spacial score (nSPS) is 11.8. The highest BCUT2D eigenvalue weighted by atomic mass is 19.1. The van der Waals surface area contributed by atoms with Gasteiger partial charge in [-0.1, -0.05) is 0 Å². The molecule has 0 spiro atoms. The number of fused-ring (bicyclic) bond motifs is 1. The lowest BCUT2D eigenvalue weighted by Crippen LogP contribution is -2.31. The van der Waals surface area contributed by atoms with E-state index in [1.165, 1.54) is 24.4 Å². The van der Waals surface area contributed by atoms with Crippen molar-refractivity contribution in [1.82, 2.24) is 20.3 Å². The first kappa shape index (κ1) is 19.2. The molecule has 0 aliphatic rings. The van der Waals surface area contributed by atoms with Crippen LogP contribution in [0.25, 0.3) is 10.9 Å². The first-order chi connectivity index (χ1) is 13.3. The van der Waals surface area contributed by atoms with E-state index in [0.29, 0.717) is 27.9 Å². The van der Waals surface area contributed by atoms with Gasteiger partial charge in [-0.3, -0.25) is 14.6 Å². The molecule has 0 aliphatic carbocycles. The SMILES string of the molecule is Cc1nc(C#N)cnc1[C@H](C)NC(=O)Cc1c(C)c2cc(F)ccc2[nH]c1=O. The topological polar surface area (TPSA) is 112 Å². The van der Waals surface area contributed by atoms with Crippen LogP contribution in [-0.2, 0) is 11.2 Å². The van der Waals surface area contributed by atoms with Gasteiger partial charge in [0, 0.05) is 16.5 Å². The van der Waals surface area contributed by atoms with Gasteiger partial charge < -0.3 is 10.3 Å². The van der Waals surface area contributed by atoms with Crippen molar-refractivity contribution in [3.8, 4) is 6.07 Å². The number of nitrogens with one attached hydrogen (secondary N) is 2. The largest absolute Gasteiger partial charge is 0.348 e. The van der Waals surface area contributed by atoms with E-state index in [-0.39, 0.29) is 29.1 Å². The van der Waals surface area contributed by atoms with Gasteiger partial charge in [0.2, 0.25) is 5.91 Å². The number of nitriles is 1. The Balaban J connectivity index is 1.83. The molecule has 0 fully saturated rings. The molecule has 0 unspecified atom stereocenters. The minimum absolute atomic E-state index is 0.152. The molecule has 0 saturated carbocycles. The number of carbonyl (C=O) groups is 1. The van der Waals surface area contributed by atoms with E-state index in [9.17, 15) is 14.0 Å². The molecular weight excluding hydrogens is 361 g/mol. The second-order valence-corrected chi connectivity index (χ2v) is 6.55. The second kappa shape index (κ2) is 7.56. The fourth-order valence-electron chi connectivity index (χ4n) is 3.17. The van der Waals surface area contributed by atoms with Crippen LogP contribution in [0.2, 0.25) is 0 Å². The summed E-state index contributed by atoms with van der Waals surface area (Å²) < 4.78 is 13.6. The maximum absolute atomic E-state index is 13.6. The molecule has 2 heterocycles. The molecule has 2 aromatic heterocycles. The summed E-state index contributed by atoms with van der Waals surface area (Å²) in [6.07, 6.45) is 1.19. The molecule has 7 nitrogen and oxygen atoms in total. The van der Waals surface area contributed by atoms with Gasteiger partial charge in [0.1, 0.15) is 11.9 Å². The maximum Gasteiger partial charge on any atom is 0.252 e. The second-order valence-electron chi connectivity index (χ2n) is 6.55. The van der Waals surface area contributed by atoms with Crippen molar-refractivity contribution < 1.29 is 9.18 Å². The minimum atomic E-state index is -0.454. The standard InChI is InChI=1S/C20H18FN5O2/c1-10-15-6-13(21)4-5-17(15)26-20(28)16(10)7-18(27)25-12(3)19-11(2)24-14(8-22)9-23-19/h4-6,9,12H,7H2,1-3H3,(H,25,27)(H,26,28)/t12-/m0/s1. The number of nitrogens with zero attached hydrogens (tertiary/aromatic N) is 3. The Labute approximate surface area is 160 Å². The Bertz CT molecular complexity index is 1180. The number of rotatable bonds is 4. The molecule has 1 atom stereocenters. The van der Waals surface area contributed by atoms with Crippen LogP contribution in [0.3, 0.4) is 0 Å². The lowest BCUT2D eigenvalue weighted by molar-refractivity contribution is -0.121. The van der Waals surface area contributed by atoms with Gasteiger partial charge in [-0.2, -0.15) is 5.26 Å². The van der Waals surface area contributed by atoms with Crippen molar-refractivity contribution in [2.24, 2.45) is 0 Å². The molecule has 142 valence electrons. The number of halogens is 1. The Kier molecular flexibility index (Phi) is 5.18. The summed E-state index contributed by atoms with van der Waals surface area (Å²) in [5, 5.41) is 12.2. The van der Waals surface area contributed by atoms with Gasteiger partial charge in [0.25, 0.3) is 5.56 Å². The molecule has 0 bridgehead atoms. The highest BCUT2D eigenvalue weighted by Gasteiger charge is 2.18. The number of hydrogen-bond donors (Lipinski definition) is 2. The molecule has 28 heavy (non-hydrogen) atoms. The van der Waals surface area contributed by atoms with E-state index in [1.54, 1.807) is 20.8 Å². The van der Waals surface area contributed by atoms with Crippen molar-refractivity contribution in [1.29, 1.82) is 5.26 Å². The minimum Gasteiger partial charge on any atom is -0.348 e. The van der Waals surface area contributed by atoms with Gasteiger partial charge >= 0.3 is 0 Å². The molecule has 8 heteroatoms. The Hall–Kier alpha value is -3.60. The summed E-state index contributed by atoms with van der Waals surface area (Å²) in [5.41, 5.74) is 2.27. The van der Waals surface area contributed by atoms with E-state index in [2.05, 4.69) is 20.3 Å². The van der Waals surface area contributed by atoms with E-state index < -0.39 is 11.9 Å². The van der Waals surface area contributed by atoms with Crippen molar-refractivity contribution in [2.75, 3.05) is 0 Å². The summed E-state index contributed by atoms with van der Waals surface area (Å²) >= 11 is 0. The summed E-state index contributed by atoms with van der Waals surface area (Å²) in [5.74, 6) is -0.788. The van der Waals surface area contributed by atoms with Crippen molar-refractivity contribution in [3.63, 3.8) is 0 Å². The predicted octanol–water partition coefficient (Wildman–Crippen LogP) is 2.37. The molecule has 3 rings (SSSR count). The van der Waals surface area contributed by atoms with Crippen molar-refractivity contribution >= 4 is 16.8 Å². The number of benzene rings is 1. The highest BCUT2D eigenvalue weighted by molar-refractivity contribution is 5.85. The zero-order valence-corrected chi connectivity index (χ0v) is 15.6. The van der Waals surface area contributed by atoms with E-state index in [0.717, 1.165) is 0 Å². The molecule has 3 aromatic rings. The Morgan fingerprint density at radius 1 is 1.39 bits per heavy atom. The number of hydrogen-bond acceptors (Lipinski definition) is 5. The molecular formula is C20H18FN5O2. The summed E-state index contributed by atoms with van der Waals surface area (Å²) in [6.45, 7) is 5.14. The smallest absolute Gasteiger partial charge is 0.252 e. The molecule has 1 aromatic carbocycles. The third-order valence-electron chi connectivity index (χ3n) is 4.58. The monoisotopic (exact) mass is 379 g/mol. The summed E-state index contributed by atoms with van der Waals surface area (Å²) in [7, 11) is 0. The quantitative estimate of drug-likeness (QED) is 0.723. The van der Waals surface area contributed by atoms with Crippen LogP contribution in [0, 0.1) is 31.0 Å². The number of pyridine rings is 1. The van der Waals surface area contributed by atoms with Crippen LogP contribution in [0.5, 0.6) is 0 Å². The molecule has 2 N–H and O–H groups in total. The van der Waals surface area contributed by atoms with Crippen LogP contribution in [0.15, 0.2) is 29.2 Å². The van der Waals surface area contributed by atoms with Gasteiger partial charge in [-0.05, 0) is 44.5 Å². The maximum atomic E-state index is 13.6. The van der Waals surface area contributed by atoms with Crippen molar-refractivity contribution in [3.05, 3.63) is 68.8 Å². The molecule has 0 aliphatic heterocycles. The highest BCUT2D eigenvalue weighted by Crippen LogP contribution is 2.19. The van der Waals surface area contributed by atoms with Crippen LogP contribution in [0.4, 0.5) is 4.39 Å². The number of H-pyrrole nitrogens is 1. The summed E-state index contributed by atoms with van der Waals surface area (Å²) in [4.78, 5) is 35.9. The van der Waals surface area contributed by atoms with Crippen LogP contribution < -0.4 is 10.9 Å². The predicted molar refractivity (Wildman–Crippen MR) is 101 cm³/mol. The zero-order chi connectivity index (χ0) is 20.4. The average Bonchev–Trinajstić information content (AvgIpc) is 2.65. The van der Waals surface area contributed by atoms with Gasteiger partial charge in [0.15, 0.2) is 5.69 Å². The molecule has 0 radical (unpaired) electrons. The number of carbonyl (C=O) groups excluding carboxylic acids is 1. The number of aromatic nitrogens is 3. The van der Waals surface area contributed by atoms with E-state index in [1.807, 2.05) is 6.07 Å². The zero-order valence-electron chi connectivity index (χ0n) is 15.6. The Morgan fingerprint density at radius 3 is 2.82 bits per heavy atom. The van der Waals surface area contributed by atoms with Gasteiger partial charge in [0.05, 0.1) is 30.0 Å². The third kappa shape index (κ3) is 3.74. The van der Waals surface area contributed by atoms with E-state index >= 15 is 0 Å².